The molecule has 3 aliphatic heterocycles. The second-order valence-corrected chi connectivity index (χ2v) is 15.4. The van der Waals surface area contributed by atoms with Crippen LogP contribution in [-0.4, -0.2) is 86.0 Å². The summed E-state index contributed by atoms with van der Waals surface area (Å²) in [5.41, 5.74) is -1.33. The van der Waals surface area contributed by atoms with Crippen LogP contribution in [0.5, 0.6) is 0 Å². The van der Waals surface area contributed by atoms with Crippen molar-refractivity contribution in [3.63, 3.8) is 0 Å². The summed E-state index contributed by atoms with van der Waals surface area (Å²) in [6.45, 7) is 9.27. The van der Waals surface area contributed by atoms with E-state index in [9.17, 15) is 32.3 Å². The van der Waals surface area contributed by atoms with Crippen LogP contribution in [0.15, 0.2) is 36.5 Å². The molecule has 16 heteroatoms. The number of nitrogens with one attached hydrogen (secondary N) is 2. The number of hydrogen-bond donors (Lipinski definition) is 3. The number of aromatic nitrogens is 1. The number of halogens is 3. The molecule has 1 unspecified atom stereocenters. The molecule has 1 aromatic carbocycles. The quantitative estimate of drug-likeness (QED) is 0.198. The highest BCUT2D eigenvalue weighted by atomic mass is 32.1. The number of benzene rings is 1. The lowest BCUT2D eigenvalue weighted by atomic mass is 9.90. The minimum Gasteiger partial charge on any atom is -0.396 e. The number of nitrogens with zero attached hydrogens (tertiary/aromatic N) is 5. The summed E-state index contributed by atoms with van der Waals surface area (Å²) in [5, 5.41) is 22.3. The number of pyridine rings is 1. The molecule has 6 rings (SSSR count). The maximum atomic E-state index is 13.3. The van der Waals surface area contributed by atoms with E-state index in [1.807, 2.05) is 36.1 Å². The van der Waals surface area contributed by atoms with Crippen molar-refractivity contribution in [2.45, 2.75) is 128 Å². The average molecular weight is 804 g/mol. The van der Waals surface area contributed by atoms with Crippen molar-refractivity contribution in [1.82, 2.24) is 20.1 Å². The lowest BCUT2D eigenvalue weighted by molar-refractivity contribution is -0.138. The minimum atomic E-state index is -4.75. The van der Waals surface area contributed by atoms with Gasteiger partial charge in [0, 0.05) is 33.7 Å². The molecule has 12 nitrogen and oxygen atoms in total. The molecule has 3 N–H and O–H groups in total. The number of aliphatic hydroxyl groups is 1. The molecule has 1 aliphatic carbocycles. The number of alkyl halides is 3. The van der Waals surface area contributed by atoms with Crippen molar-refractivity contribution in [2.75, 3.05) is 29.9 Å². The molecule has 4 aliphatic rings. The SMILES string of the molecule is CC1(C)C(=O)N(c2cnc(C#N)c(C(F)(F)F)c2)C(=S)N1C1CCCCC1.CCCO.C[C@@H]1CCCCN1CC(=O)Nc1ccc(C2CCC(=O)NC2=O)cc1.[HH].[HH]. The summed E-state index contributed by atoms with van der Waals surface area (Å²) >= 11 is 5.51. The van der Waals surface area contributed by atoms with Crippen LogP contribution in [0.3, 0.4) is 0 Å². The monoisotopic (exact) mass is 803 g/mol. The molecule has 0 radical (unpaired) electrons. The summed E-state index contributed by atoms with van der Waals surface area (Å²) in [7, 11) is 0. The molecule has 1 aromatic heterocycles. The zero-order valence-electron chi connectivity index (χ0n) is 32.5. The fourth-order valence-corrected chi connectivity index (χ4v) is 8.02. The van der Waals surface area contributed by atoms with E-state index in [0.717, 1.165) is 86.3 Å². The predicted octanol–water partition coefficient (Wildman–Crippen LogP) is 6.92. The fourth-order valence-electron chi connectivity index (χ4n) is 7.46. The highest BCUT2D eigenvalue weighted by molar-refractivity contribution is 7.80. The van der Waals surface area contributed by atoms with Gasteiger partial charge < -0.3 is 15.3 Å². The van der Waals surface area contributed by atoms with Crippen LogP contribution < -0.4 is 15.5 Å². The highest BCUT2D eigenvalue weighted by Crippen LogP contribution is 2.40. The van der Waals surface area contributed by atoms with Crippen LogP contribution in [0, 0.1) is 11.3 Å². The summed E-state index contributed by atoms with van der Waals surface area (Å²) in [6, 6.07) is 10.1. The molecular weight excluding hydrogens is 748 g/mol. The summed E-state index contributed by atoms with van der Waals surface area (Å²) < 4.78 is 39.8. The van der Waals surface area contributed by atoms with Gasteiger partial charge in [-0.15, -0.1) is 0 Å². The number of anilines is 2. The van der Waals surface area contributed by atoms with Gasteiger partial charge in [0.05, 0.1) is 29.9 Å². The van der Waals surface area contributed by atoms with Crippen molar-refractivity contribution < 1.29 is 40.3 Å². The van der Waals surface area contributed by atoms with Crippen LogP contribution in [0.2, 0.25) is 0 Å². The Morgan fingerprint density at radius 3 is 2.30 bits per heavy atom. The predicted molar refractivity (Wildman–Crippen MR) is 214 cm³/mol. The smallest absolute Gasteiger partial charge is 0.396 e. The summed E-state index contributed by atoms with van der Waals surface area (Å²) in [4.78, 5) is 57.2. The molecule has 308 valence electrons. The van der Waals surface area contributed by atoms with Crippen molar-refractivity contribution >= 4 is 52.3 Å². The molecule has 4 heterocycles. The standard InChI is InChI=1S/C19H25N3O3.C18H19F3N4OS.C3H8O.2H2/c1-13-4-2-3-11-22(13)12-18(24)20-15-7-5-14(6-8-15)16-9-10-17(23)21-19(16)25;1-17(2)15(26)24(16(27)25(17)11-6-4-3-5-7-11)12-8-13(18(19,20)21)14(9-22)23-10-12;1-2-3-4;;/h5-8,13,16H,2-4,9-12H2,1H3,(H,20,24)(H,21,23,25);8,10-11H,3-7H2,1-2H3;4H,2-3H2,1H3;2*1H/t13-,16?;;;;/m1..../s1. The number of aliphatic hydroxyl groups excluding tert-OH is 1. The van der Waals surface area contributed by atoms with Gasteiger partial charge >= 0.3 is 6.18 Å². The number of rotatable bonds is 7. The molecular formula is C40H56F3N7O5S. The fraction of sp³-hybridized carbons (Fsp3) is 0.575. The number of piperidine rings is 2. The Balaban J connectivity index is 0.000000356. The van der Waals surface area contributed by atoms with Gasteiger partial charge in [0.2, 0.25) is 17.7 Å². The number of imide groups is 1. The molecule has 4 amide bonds. The van der Waals surface area contributed by atoms with Crippen molar-refractivity contribution in [1.29, 1.82) is 5.26 Å². The number of nitriles is 1. The number of carbonyl (C=O) groups excluding carboxylic acids is 4. The summed E-state index contributed by atoms with van der Waals surface area (Å²) in [5.74, 6) is -1.15. The zero-order chi connectivity index (χ0) is 41.2. The number of hydrogen-bond acceptors (Lipinski definition) is 9. The lowest BCUT2D eigenvalue weighted by Gasteiger charge is -2.39. The lowest BCUT2D eigenvalue weighted by Crippen LogP contribution is -2.50. The minimum absolute atomic E-state index is 0. The third-order valence-electron chi connectivity index (χ3n) is 10.6. The van der Waals surface area contributed by atoms with E-state index < -0.39 is 28.9 Å². The van der Waals surface area contributed by atoms with E-state index in [4.69, 9.17) is 22.6 Å². The molecule has 2 atom stereocenters. The third-order valence-corrected chi connectivity index (χ3v) is 10.9. The number of amides is 4. The topological polar surface area (TPSA) is 159 Å². The Bertz CT molecular complexity index is 1790. The number of carbonyl (C=O) groups is 4. The van der Waals surface area contributed by atoms with E-state index in [0.29, 0.717) is 32.0 Å². The third kappa shape index (κ3) is 10.9. The molecule has 1 saturated carbocycles. The van der Waals surface area contributed by atoms with E-state index in [-0.39, 0.29) is 43.3 Å². The highest BCUT2D eigenvalue weighted by Gasteiger charge is 2.52. The van der Waals surface area contributed by atoms with Gasteiger partial charge in [-0.1, -0.05) is 44.7 Å². The number of thiocarbonyl (C=S) groups is 1. The largest absolute Gasteiger partial charge is 0.419 e. The van der Waals surface area contributed by atoms with Crippen LogP contribution in [0.1, 0.15) is 124 Å². The van der Waals surface area contributed by atoms with E-state index in [1.54, 1.807) is 13.8 Å². The van der Waals surface area contributed by atoms with Gasteiger partial charge in [0.25, 0.3) is 5.91 Å². The maximum Gasteiger partial charge on any atom is 0.419 e. The first-order valence-corrected chi connectivity index (χ1v) is 19.7. The van der Waals surface area contributed by atoms with Crippen LogP contribution in [0.4, 0.5) is 24.5 Å². The van der Waals surface area contributed by atoms with Gasteiger partial charge in [0.1, 0.15) is 11.6 Å². The van der Waals surface area contributed by atoms with Crippen molar-refractivity contribution in [2.24, 2.45) is 0 Å². The average Bonchev–Trinajstić information content (AvgIpc) is 3.34. The Kier molecular flexibility index (Phi) is 15.5. The first kappa shape index (κ1) is 44.3. The first-order chi connectivity index (χ1) is 26.5. The normalized spacial score (nSPS) is 21.6. The molecule has 3 saturated heterocycles. The molecule has 2 aromatic rings. The second kappa shape index (κ2) is 19.6. The Hall–Kier alpha value is -4.46. The van der Waals surface area contributed by atoms with E-state index in [2.05, 4.69) is 27.4 Å². The maximum absolute atomic E-state index is 13.3. The number of likely N-dealkylation sites (tertiary alicyclic amines) is 1. The molecule has 0 spiro atoms. The molecule has 56 heavy (non-hydrogen) atoms. The van der Waals surface area contributed by atoms with Crippen molar-refractivity contribution in [3.8, 4) is 6.07 Å². The molecule has 4 fully saturated rings. The van der Waals surface area contributed by atoms with Gasteiger partial charge in [-0.3, -0.25) is 34.3 Å². The van der Waals surface area contributed by atoms with Crippen LogP contribution in [-0.2, 0) is 25.4 Å². The Labute approximate surface area is 334 Å². The van der Waals surface area contributed by atoms with Gasteiger partial charge in [-0.2, -0.15) is 18.4 Å². The second-order valence-electron chi connectivity index (χ2n) is 15.1. The van der Waals surface area contributed by atoms with E-state index in [1.165, 1.54) is 12.5 Å². The zero-order valence-corrected chi connectivity index (χ0v) is 33.3. The van der Waals surface area contributed by atoms with E-state index >= 15 is 0 Å². The molecule has 0 bridgehead atoms. The van der Waals surface area contributed by atoms with Crippen LogP contribution >= 0.6 is 12.2 Å². The summed E-state index contributed by atoms with van der Waals surface area (Å²) in [6.07, 6.45) is 6.63. The van der Waals surface area contributed by atoms with Gasteiger partial charge in [-0.05, 0) is 102 Å². The first-order valence-electron chi connectivity index (χ1n) is 19.3. The van der Waals surface area contributed by atoms with Crippen molar-refractivity contribution in [3.05, 3.63) is 53.3 Å². The van der Waals surface area contributed by atoms with Gasteiger partial charge in [-0.25, -0.2) is 4.98 Å². The van der Waals surface area contributed by atoms with Gasteiger partial charge in [0.15, 0.2) is 10.8 Å². The Morgan fingerprint density at radius 1 is 1.09 bits per heavy atom. The van der Waals surface area contributed by atoms with Crippen LogP contribution in [0.25, 0.3) is 0 Å². The Morgan fingerprint density at radius 2 is 1.73 bits per heavy atom.